The molecule has 0 spiro atoms. The molecule has 66 valence electrons. The van der Waals surface area contributed by atoms with E-state index in [4.69, 9.17) is 4.74 Å². The maximum Gasteiger partial charge on any atom is 0.0578 e. The van der Waals surface area contributed by atoms with E-state index >= 15 is 0 Å². The molecule has 0 aliphatic carbocycles. The third-order valence-corrected chi connectivity index (χ3v) is 3.57. The Hall–Kier alpha value is -0.0400. The van der Waals surface area contributed by atoms with E-state index in [0.717, 1.165) is 5.92 Å². The van der Waals surface area contributed by atoms with Crippen molar-refractivity contribution >= 4 is 0 Å². The minimum Gasteiger partial charge on any atom is -0.375 e. The maximum atomic E-state index is 5.78. The van der Waals surface area contributed by atoms with Gasteiger partial charge >= 0.3 is 0 Å². The summed E-state index contributed by atoms with van der Waals surface area (Å²) in [5.74, 6) is 2.22. The van der Waals surface area contributed by atoms with Crippen LogP contribution in [0.25, 0.3) is 0 Å². The molecule has 1 aliphatic rings. The Bertz CT molecular complexity index is 119. The summed E-state index contributed by atoms with van der Waals surface area (Å²) in [4.78, 5) is 0. The predicted octanol–water partition coefficient (Wildman–Crippen LogP) is 2.70. The van der Waals surface area contributed by atoms with Gasteiger partial charge in [-0.15, -0.1) is 0 Å². The van der Waals surface area contributed by atoms with E-state index in [9.17, 15) is 0 Å². The van der Waals surface area contributed by atoms with Crippen molar-refractivity contribution in [1.82, 2.24) is 0 Å². The third kappa shape index (κ3) is 1.58. The first-order chi connectivity index (χ1) is 5.04. The Kier molecular flexibility index (Phi) is 2.58. The third-order valence-electron chi connectivity index (χ3n) is 3.57. The zero-order valence-electron chi connectivity index (χ0n) is 8.29. The molecule has 0 aromatic rings. The van der Waals surface area contributed by atoms with Gasteiger partial charge in [0, 0.05) is 0 Å². The quantitative estimate of drug-likeness (QED) is 0.524. The largest absolute Gasteiger partial charge is 0.375 e. The Morgan fingerprint density at radius 2 is 1.00 bits per heavy atom. The second-order valence-electron chi connectivity index (χ2n) is 4.12. The maximum absolute atomic E-state index is 5.78. The molecule has 1 heterocycles. The molecule has 0 aromatic carbocycles. The summed E-state index contributed by atoms with van der Waals surface area (Å²) < 4.78 is 5.78. The fraction of sp³-hybridized carbons (Fsp3) is 1.00. The van der Waals surface area contributed by atoms with Crippen molar-refractivity contribution in [2.24, 2.45) is 17.8 Å². The lowest BCUT2D eigenvalue weighted by Gasteiger charge is -2.41. The summed E-state index contributed by atoms with van der Waals surface area (Å²) in [5.41, 5.74) is 0. The summed E-state index contributed by atoms with van der Waals surface area (Å²) in [6, 6.07) is 0. The van der Waals surface area contributed by atoms with E-state index in [1.165, 1.54) is 0 Å². The van der Waals surface area contributed by atoms with E-state index in [2.05, 4.69) is 34.6 Å². The number of rotatable bonds is 0. The van der Waals surface area contributed by atoms with Crippen molar-refractivity contribution in [1.29, 1.82) is 0 Å². The average molecular weight is 156 g/mol. The summed E-state index contributed by atoms with van der Waals surface area (Å²) in [7, 11) is 0. The Morgan fingerprint density at radius 1 is 0.636 bits per heavy atom. The fourth-order valence-electron chi connectivity index (χ4n) is 1.92. The lowest BCUT2D eigenvalue weighted by Crippen LogP contribution is -2.41. The average Bonchev–Trinajstić information content (AvgIpc) is 1.97. The van der Waals surface area contributed by atoms with Crippen LogP contribution in [-0.2, 0) is 4.74 Å². The van der Waals surface area contributed by atoms with Gasteiger partial charge in [0.05, 0.1) is 12.2 Å². The van der Waals surface area contributed by atoms with Crippen LogP contribution in [0.15, 0.2) is 0 Å². The van der Waals surface area contributed by atoms with Crippen LogP contribution in [0.2, 0.25) is 0 Å². The molecular weight excluding hydrogens is 136 g/mol. The van der Waals surface area contributed by atoms with Crippen LogP contribution in [0.3, 0.4) is 0 Å². The highest BCUT2D eigenvalue weighted by molar-refractivity contribution is 4.81. The van der Waals surface area contributed by atoms with E-state index in [1.807, 2.05) is 0 Å². The van der Waals surface area contributed by atoms with Gasteiger partial charge in [0.2, 0.25) is 0 Å². The van der Waals surface area contributed by atoms with Gasteiger partial charge in [-0.05, 0) is 31.6 Å². The smallest absolute Gasteiger partial charge is 0.0578 e. The highest BCUT2D eigenvalue weighted by Crippen LogP contribution is 2.34. The first kappa shape index (κ1) is 9.05. The van der Waals surface area contributed by atoms with Crippen molar-refractivity contribution in [3.05, 3.63) is 0 Å². The van der Waals surface area contributed by atoms with Gasteiger partial charge in [-0.2, -0.15) is 0 Å². The van der Waals surface area contributed by atoms with E-state index in [1.54, 1.807) is 0 Å². The van der Waals surface area contributed by atoms with Crippen LogP contribution in [0.4, 0.5) is 0 Å². The highest BCUT2D eigenvalue weighted by atomic mass is 16.5. The minimum atomic E-state index is 0.441. The zero-order valence-corrected chi connectivity index (χ0v) is 8.29. The molecule has 5 atom stereocenters. The van der Waals surface area contributed by atoms with Crippen LogP contribution in [-0.4, -0.2) is 12.2 Å². The van der Waals surface area contributed by atoms with Crippen molar-refractivity contribution < 1.29 is 4.74 Å². The van der Waals surface area contributed by atoms with Crippen LogP contribution < -0.4 is 0 Å². The van der Waals surface area contributed by atoms with Crippen molar-refractivity contribution in [2.45, 2.75) is 46.8 Å². The van der Waals surface area contributed by atoms with Crippen molar-refractivity contribution in [3.63, 3.8) is 0 Å². The first-order valence-electron chi connectivity index (χ1n) is 4.69. The van der Waals surface area contributed by atoms with Crippen molar-refractivity contribution in [3.8, 4) is 0 Å². The van der Waals surface area contributed by atoms with Crippen LogP contribution in [0.5, 0.6) is 0 Å². The lowest BCUT2D eigenvalue weighted by molar-refractivity contribution is -0.116. The highest BCUT2D eigenvalue weighted by Gasteiger charge is 2.34. The Balaban J connectivity index is 2.63. The molecule has 0 radical (unpaired) electrons. The van der Waals surface area contributed by atoms with Gasteiger partial charge in [0.1, 0.15) is 0 Å². The van der Waals surface area contributed by atoms with Gasteiger partial charge < -0.3 is 4.74 Å². The first-order valence-corrected chi connectivity index (χ1v) is 4.69. The monoisotopic (exact) mass is 156 g/mol. The van der Waals surface area contributed by atoms with Gasteiger partial charge in [-0.25, -0.2) is 0 Å². The molecule has 0 amide bonds. The van der Waals surface area contributed by atoms with E-state index in [-0.39, 0.29) is 0 Å². The van der Waals surface area contributed by atoms with Crippen LogP contribution in [0, 0.1) is 17.8 Å². The van der Waals surface area contributed by atoms with Crippen molar-refractivity contribution in [2.75, 3.05) is 0 Å². The number of ether oxygens (including phenoxy) is 1. The second kappa shape index (κ2) is 3.14. The molecule has 11 heavy (non-hydrogen) atoms. The molecule has 1 saturated heterocycles. The summed E-state index contributed by atoms with van der Waals surface area (Å²) >= 11 is 0. The SMILES string of the molecule is CC1O[C@@H](C)[C@H](C)C(C)[C@H]1C. The molecule has 1 nitrogen and oxygen atoms in total. The van der Waals surface area contributed by atoms with E-state index in [0.29, 0.717) is 24.0 Å². The molecule has 0 aromatic heterocycles. The normalized spacial score (nSPS) is 52.6. The predicted molar refractivity (Wildman–Crippen MR) is 47.5 cm³/mol. The lowest BCUT2D eigenvalue weighted by atomic mass is 9.77. The minimum absolute atomic E-state index is 0.441. The molecule has 0 N–H and O–H groups in total. The molecule has 0 saturated carbocycles. The molecule has 0 bridgehead atoms. The molecule has 1 rings (SSSR count). The second-order valence-corrected chi connectivity index (χ2v) is 4.12. The van der Waals surface area contributed by atoms with Gasteiger partial charge in [-0.1, -0.05) is 20.8 Å². The fourth-order valence-corrected chi connectivity index (χ4v) is 1.92. The van der Waals surface area contributed by atoms with Gasteiger partial charge in [0.15, 0.2) is 0 Å². The van der Waals surface area contributed by atoms with E-state index < -0.39 is 0 Å². The number of hydrogen-bond acceptors (Lipinski definition) is 1. The summed E-state index contributed by atoms with van der Waals surface area (Å²) in [5, 5.41) is 0. The molecule has 1 aliphatic heterocycles. The topological polar surface area (TPSA) is 9.23 Å². The molecule has 2 unspecified atom stereocenters. The zero-order chi connectivity index (χ0) is 8.59. The summed E-state index contributed by atoms with van der Waals surface area (Å²) in [6.07, 6.45) is 0.882. The van der Waals surface area contributed by atoms with Gasteiger partial charge in [-0.3, -0.25) is 0 Å². The molecular formula is C10H20O. The summed E-state index contributed by atoms with van der Waals surface area (Å²) in [6.45, 7) is 11.3. The molecule has 1 fully saturated rings. The van der Waals surface area contributed by atoms with Crippen LogP contribution >= 0.6 is 0 Å². The Labute approximate surface area is 70.1 Å². The Morgan fingerprint density at radius 3 is 1.36 bits per heavy atom. The number of hydrogen-bond donors (Lipinski definition) is 0. The van der Waals surface area contributed by atoms with Crippen LogP contribution in [0.1, 0.15) is 34.6 Å². The molecule has 1 heteroatoms. The standard InChI is InChI=1S/C10H20O/c1-6-7(2)9(4)11-10(5)8(6)3/h6-10H,1-5H3/t6?,7-,8-,9+,10?/m1/s1. The van der Waals surface area contributed by atoms with Gasteiger partial charge in [0.25, 0.3) is 0 Å².